The van der Waals surface area contributed by atoms with Gasteiger partial charge in [-0.15, -0.1) is 0 Å². The largest absolute Gasteiger partial charge is 0.504 e. The van der Waals surface area contributed by atoms with Crippen LogP contribution >= 0.6 is 0 Å². The molecule has 2 unspecified atom stereocenters. The molecule has 4 aromatic rings. The van der Waals surface area contributed by atoms with Gasteiger partial charge in [-0.2, -0.15) is 0 Å². The summed E-state index contributed by atoms with van der Waals surface area (Å²) in [6, 6.07) is 28.2. The van der Waals surface area contributed by atoms with Gasteiger partial charge in [0.2, 0.25) is 0 Å². The number of phenols is 1. The zero-order valence-electron chi connectivity index (χ0n) is 17.9. The monoisotopic (exact) mass is 425 g/mol. The molecule has 0 saturated heterocycles. The first-order chi connectivity index (χ1) is 15.8. The van der Waals surface area contributed by atoms with E-state index in [9.17, 15) is 5.11 Å². The van der Waals surface area contributed by atoms with Gasteiger partial charge in [-0.1, -0.05) is 72.8 Å². The number of nitrogens with zero attached hydrogens (tertiary/aromatic N) is 3. The lowest BCUT2D eigenvalue weighted by atomic mass is 9.87. The summed E-state index contributed by atoms with van der Waals surface area (Å²) in [5.41, 5.74) is 2.66. The van der Waals surface area contributed by atoms with Crippen molar-refractivity contribution in [2.24, 2.45) is 0 Å². The molecule has 0 fully saturated rings. The highest BCUT2D eigenvalue weighted by Crippen LogP contribution is 2.34. The molecule has 0 aliphatic rings. The summed E-state index contributed by atoms with van der Waals surface area (Å²) in [4.78, 5) is 12.6. The van der Waals surface area contributed by atoms with E-state index in [1.165, 1.54) is 23.8 Å². The summed E-state index contributed by atoms with van der Waals surface area (Å²) in [6.07, 6.45) is 6.25. The fraction of sp³-hybridized carbons (Fsp3) is 0.222. The second-order valence-corrected chi connectivity index (χ2v) is 7.78. The number of hydrogen-bond acceptors (Lipinski definition) is 5. The molecule has 1 heterocycles. The summed E-state index contributed by atoms with van der Waals surface area (Å²) >= 11 is 0. The summed E-state index contributed by atoms with van der Waals surface area (Å²) in [6.45, 7) is 0. The van der Waals surface area contributed by atoms with E-state index in [4.69, 9.17) is 4.74 Å². The minimum absolute atomic E-state index is 0.107. The van der Waals surface area contributed by atoms with E-state index < -0.39 is 0 Å². The van der Waals surface area contributed by atoms with E-state index in [2.05, 4.69) is 63.5 Å². The van der Waals surface area contributed by atoms with Crippen LogP contribution in [0.1, 0.15) is 48.2 Å². The Bertz CT molecular complexity index is 1080. The molecule has 0 radical (unpaired) electrons. The van der Waals surface area contributed by atoms with Crippen LogP contribution in [-0.2, 0) is 6.42 Å². The zero-order chi connectivity index (χ0) is 22.0. The predicted octanol–water partition coefficient (Wildman–Crippen LogP) is 5.89. The van der Waals surface area contributed by atoms with Crippen LogP contribution in [0.2, 0.25) is 0 Å². The van der Waals surface area contributed by atoms with Crippen LogP contribution in [0, 0.1) is 0 Å². The molecule has 0 saturated carbocycles. The first-order valence-corrected chi connectivity index (χ1v) is 10.9. The molecule has 0 aliphatic heterocycles. The SMILES string of the molecule is Oc1ccccc1OC(CCC(CCc1ccccc1)c1ccccc1)c1ncncn1. The van der Waals surface area contributed by atoms with Gasteiger partial charge in [0, 0.05) is 0 Å². The molecule has 1 aromatic heterocycles. The first-order valence-electron chi connectivity index (χ1n) is 10.9. The van der Waals surface area contributed by atoms with E-state index in [1.807, 2.05) is 18.2 Å². The van der Waals surface area contributed by atoms with Crippen LogP contribution in [0.15, 0.2) is 97.6 Å². The maximum Gasteiger partial charge on any atom is 0.172 e. The van der Waals surface area contributed by atoms with Crippen LogP contribution in [-0.4, -0.2) is 20.1 Å². The van der Waals surface area contributed by atoms with Gasteiger partial charge in [0.05, 0.1) is 0 Å². The third-order valence-electron chi connectivity index (χ3n) is 5.61. The van der Waals surface area contributed by atoms with Crippen LogP contribution in [0.3, 0.4) is 0 Å². The van der Waals surface area contributed by atoms with Gasteiger partial charge in [-0.05, 0) is 54.9 Å². The average Bonchev–Trinajstić information content (AvgIpc) is 2.86. The van der Waals surface area contributed by atoms with E-state index in [1.54, 1.807) is 18.2 Å². The highest BCUT2D eigenvalue weighted by Gasteiger charge is 2.21. The number of rotatable bonds is 10. The maximum atomic E-state index is 10.2. The van der Waals surface area contributed by atoms with Gasteiger partial charge in [0.15, 0.2) is 23.4 Å². The van der Waals surface area contributed by atoms with E-state index >= 15 is 0 Å². The van der Waals surface area contributed by atoms with Crippen molar-refractivity contribution < 1.29 is 9.84 Å². The Morgan fingerprint density at radius 1 is 0.719 bits per heavy atom. The molecule has 0 bridgehead atoms. The Kier molecular flexibility index (Phi) is 7.42. The van der Waals surface area contributed by atoms with Crippen molar-refractivity contribution in [3.05, 3.63) is 115 Å². The van der Waals surface area contributed by atoms with Gasteiger partial charge in [0.25, 0.3) is 0 Å². The van der Waals surface area contributed by atoms with Crippen molar-refractivity contribution in [1.82, 2.24) is 15.0 Å². The number of aromatic nitrogens is 3. The number of ether oxygens (including phenoxy) is 1. The van der Waals surface area contributed by atoms with Gasteiger partial charge in [-0.25, -0.2) is 15.0 Å². The number of para-hydroxylation sites is 2. The average molecular weight is 426 g/mol. The summed E-state index contributed by atoms with van der Waals surface area (Å²) in [5.74, 6) is 1.47. The molecule has 5 nitrogen and oxygen atoms in total. The quantitative estimate of drug-likeness (QED) is 0.343. The topological polar surface area (TPSA) is 68.1 Å². The highest BCUT2D eigenvalue weighted by molar-refractivity contribution is 5.38. The standard InChI is InChI=1S/C27H27N3O2/c31-24-13-7-8-14-25(24)32-26(27-29-19-28-20-30-27)18-17-23(22-11-5-2-6-12-22)16-15-21-9-3-1-4-10-21/h1-14,19-20,23,26,31H,15-18H2. The molecular formula is C27H27N3O2. The third-order valence-corrected chi connectivity index (χ3v) is 5.61. The highest BCUT2D eigenvalue weighted by atomic mass is 16.5. The summed E-state index contributed by atoms with van der Waals surface area (Å²) in [7, 11) is 0. The summed E-state index contributed by atoms with van der Waals surface area (Å²) < 4.78 is 6.18. The van der Waals surface area contributed by atoms with Crippen molar-refractivity contribution in [3.63, 3.8) is 0 Å². The zero-order valence-corrected chi connectivity index (χ0v) is 17.9. The molecule has 1 N–H and O–H groups in total. The lowest BCUT2D eigenvalue weighted by Crippen LogP contribution is -2.14. The molecule has 0 aliphatic carbocycles. The lowest BCUT2D eigenvalue weighted by Gasteiger charge is -2.22. The molecule has 32 heavy (non-hydrogen) atoms. The van der Waals surface area contributed by atoms with Crippen molar-refractivity contribution in [2.45, 2.75) is 37.7 Å². The number of aryl methyl sites for hydroxylation is 1. The van der Waals surface area contributed by atoms with Crippen molar-refractivity contribution in [1.29, 1.82) is 0 Å². The Hall–Kier alpha value is -3.73. The van der Waals surface area contributed by atoms with Crippen molar-refractivity contribution >= 4 is 0 Å². The van der Waals surface area contributed by atoms with Crippen LogP contribution < -0.4 is 4.74 Å². The number of aromatic hydroxyl groups is 1. The van der Waals surface area contributed by atoms with E-state index in [-0.39, 0.29) is 11.9 Å². The minimum atomic E-state index is -0.380. The molecule has 0 spiro atoms. The second kappa shape index (κ2) is 11.0. The van der Waals surface area contributed by atoms with Crippen molar-refractivity contribution in [2.75, 3.05) is 0 Å². The van der Waals surface area contributed by atoms with Gasteiger partial charge in [-0.3, -0.25) is 0 Å². The first kappa shape index (κ1) is 21.5. The molecule has 4 rings (SSSR count). The maximum absolute atomic E-state index is 10.2. The van der Waals surface area contributed by atoms with Crippen LogP contribution in [0.25, 0.3) is 0 Å². The Morgan fingerprint density at radius 3 is 2.09 bits per heavy atom. The van der Waals surface area contributed by atoms with Gasteiger partial charge < -0.3 is 9.84 Å². The van der Waals surface area contributed by atoms with Crippen LogP contribution in [0.5, 0.6) is 11.5 Å². The van der Waals surface area contributed by atoms with Crippen molar-refractivity contribution in [3.8, 4) is 11.5 Å². The fourth-order valence-electron chi connectivity index (χ4n) is 3.91. The Balaban J connectivity index is 1.51. The second-order valence-electron chi connectivity index (χ2n) is 7.78. The minimum Gasteiger partial charge on any atom is -0.504 e. The molecule has 0 amide bonds. The normalized spacial score (nSPS) is 12.8. The number of hydrogen-bond donors (Lipinski definition) is 1. The fourth-order valence-corrected chi connectivity index (χ4v) is 3.91. The van der Waals surface area contributed by atoms with Gasteiger partial charge >= 0.3 is 0 Å². The molecule has 3 aromatic carbocycles. The Labute approximate surface area is 188 Å². The van der Waals surface area contributed by atoms with E-state index in [0.717, 1.165) is 19.3 Å². The number of benzene rings is 3. The van der Waals surface area contributed by atoms with Gasteiger partial charge in [0.1, 0.15) is 12.7 Å². The molecule has 5 heteroatoms. The predicted molar refractivity (Wildman–Crippen MR) is 124 cm³/mol. The lowest BCUT2D eigenvalue weighted by molar-refractivity contribution is 0.171. The molecule has 2 atom stereocenters. The number of phenolic OH excluding ortho intramolecular Hbond substituents is 1. The summed E-state index contributed by atoms with van der Waals surface area (Å²) in [5, 5.41) is 10.2. The third kappa shape index (κ3) is 5.91. The molecule has 162 valence electrons. The Morgan fingerprint density at radius 2 is 1.38 bits per heavy atom. The smallest absolute Gasteiger partial charge is 0.172 e. The molecular weight excluding hydrogens is 398 g/mol. The van der Waals surface area contributed by atoms with Crippen LogP contribution in [0.4, 0.5) is 0 Å². The van der Waals surface area contributed by atoms with E-state index in [0.29, 0.717) is 23.9 Å².